The van der Waals surface area contributed by atoms with Crippen molar-refractivity contribution in [2.45, 2.75) is 33.6 Å². The fourth-order valence-electron chi connectivity index (χ4n) is 1.81. The standard InChI is InChI=1S/C12H17ClO2/c1-12(2,3)10-4-8(6-14)11(13)9(5-10)7-15/h6-7,10,14H,4-5H2,1-3H3/b8-6+. The molecule has 1 aliphatic rings. The number of carbonyl (C=O) groups is 1. The minimum absolute atomic E-state index is 0.111. The average molecular weight is 229 g/mol. The molecule has 0 amide bonds. The van der Waals surface area contributed by atoms with Gasteiger partial charge in [0.15, 0.2) is 0 Å². The zero-order chi connectivity index (χ0) is 11.6. The Hall–Kier alpha value is -0.760. The molecule has 15 heavy (non-hydrogen) atoms. The number of allylic oxidation sites excluding steroid dienone is 3. The highest BCUT2D eigenvalue weighted by atomic mass is 35.5. The van der Waals surface area contributed by atoms with Gasteiger partial charge in [-0.2, -0.15) is 0 Å². The van der Waals surface area contributed by atoms with Crippen molar-refractivity contribution >= 4 is 17.9 Å². The van der Waals surface area contributed by atoms with Crippen molar-refractivity contribution in [3.8, 4) is 0 Å². The molecule has 0 aromatic rings. The van der Waals surface area contributed by atoms with Gasteiger partial charge >= 0.3 is 0 Å². The van der Waals surface area contributed by atoms with Gasteiger partial charge in [-0.3, -0.25) is 4.79 Å². The van der Waals surface area contributed by atoms with Crippen LogP contribution in [0.2, 0.25) is 0 Å². The van der Waals surface area contributed by atoms with E-state index in [2.05, 4.69) is 20.8 Å². The molecule has 0 aromatic heterocycles. The summed E-state index contributed by atoms with van der Waals surface area (Å²) in [7, 11) is 0. The summed E-state index contributed by atoms with van der Waals surface area (Å²) in [6.07, 6.45) is 3.24. The first-order valence-corrected chi connectivity index (χ1v) is 5.45. The third-order valence-corrected chi connectivity index (χ3v) is 3.50. The maximum absolute atomic E-state index is 10.9. The van der Waals surface area contributed by atoms with Gasteiger partial charge in [0.1, 0.15) is 6.29 Å². The Balaban J connectivity index is 3.05. The third kappa shape index (κ3) is 2.63. The van der Waals surface area contributed by atoms with Crippen molar-refractivity contribution in [1.82, 2.24) is 0 Å². The highest BCUT2D eigenvalue weighted by Gasteiger charge is 2.31. The second-order valence-corrected chi connectivity index (χ2v) is 5.46. The normalized spacial score (nSPS) is 25.9. The molecule has 0 aromatic carbocycles. The van der Waals surface area contributed by atoms with Gasteiger partial charge in [0.2, 0.25) is 0 Å². The molecule has 0 radical (unpaired) electrons. The number of carbonyl (C=O) groups excluding carboxylic acids is 1. The van der Waals surface area contributed by atoms with E-state index < -0.39 is 0 Å². The molecule has 1 atom stereocenters. The Kier molecular flexibility index (Phi) is 3.61. The summed E-state index contributed by atoms with van der Waals surface area (Å²) in [6, 6.07) is 0. The van der Waals surface area contributed by atoms with E-state index in [1.807, 2.05) is 0 Å². The van der Waals surface area contributed by atoms with Crippen LogP contribution >= 0.6 is 11.6 Å². The van der Waals surface area contributed by atoms with E-state index in [4.69, 9.17) is 16.7 Å². The van der Waals surface area contributed by atoms with E-state index in [-0.39, 0.29) is 5.41 Å². The summed E-state index contributed by atoms with van der Waals surface area (Å²) in [4.78, 5) is 10.9. The molecule has 0 bridgehead atoms. The number of aldehydes is 1. The van der Waals surface area contributed by atoms with Gasteiger partial charge in [0, 0.05) is 11.1 Å². The van der Waals surface area contributed by atoms with E-state index in [0.29, 0.717) is 28.5 Å². The molecule has 0 spiro atoms. The number of hydrogen-bond acceptors (Lipinski definition) is 2. The van der Waals surface area contributed by atoms with Crippen molar-refractivity contribution < 1.29 is 9.90 Å². The van der Waals surface area contributed by atoms with E-state index in [0.717, 1.165) is 19.0 Å². The van der Waals surface area contributed by atoms with Crippen LogP contribution in [0.4, 0.5) is 0 Å². The average Bonchev–Trinajstić information content (AvgIpc) is 2.16. The number of hydrogen-bond donors (Lipinski definition) is 1. The lowest BCUT2D eigenvalue weighted by molar-refractivity contribution is -0.105. The van der Waals surface area contributed by atoms with Crippen LogP contribution in [0.5, 0.6) is 0 Å². The van der Waals surface area contributed by atoms with Gasteiger partial charge < -0.3 is 5.11 Å². The topological polar surface area (TPSA) is 37.3 Å². The Morgan fingerprint density at radius 3 is 2.40 bits per heavy atom. The molecule has 0 fully saturated rings. The molecule has 0 heterocycles. The molecule has 0 saturated heterocycles. The monoisotopic (exact) mass is 228 g/mol. The van der Waals surface area contributed by atoms with Crippen molar-refractivity contribution in [1.29, 1.82) is 0 Å². The van der Waals surface area contributed by atoms with Crippen LogP contribution in [0, 0.1) is 11.3 Å². The molecular weight excluding hydrogens is 212 g/mol. The van der Waals surface area contributed by atoms with Crippen LogP contribution < -0.4 is 0 Å². The first kappa shape index (κ1) is 12.3. The summed E-state index contributed by atoms with van der Waals surface area (Å²) >= 11 is 5.98. The Bertz CT molecular complexity index is 321. The summed E-state index contributed by atoms with van der Waals surface area (Å²) in [5, 5.41) is 9.49. The number of aliphatic hydroxyl groups excluding tert-OH is 1. The van der Waals surface area contributed by atoms with Crippen LogP contribution in [0.3, 0.4) is 0 Å². The van der Waals surface area contributed by atoms with Crippen LogP contribution in [0.15, 0.2) is 22.4 Å². The number of aliphatic hydroxyl groups is 1. The van der Waals surface area contributed by atoms with Crippen molar-refractivity contribution in [3.63, 3.8) is 0 Å². The second-order valence-electron chi connectivity index (χ2n) is 5.08. The quantitative estimate of drug-likeness (QED) is 0.550. The molecule has 2 nitrogen and oxygen atoms in total. The van der Waals surface area contributed by atoms with E-state index in [9.17, 15) is 4.79 Å². The SMILES string of the molecule is CC(C)(C)C1CC(C=O)=C(Cl)/C(=C/O)C1. The van der Waals surface area contributed by atoms with Gasteiger partial charge in [0.05, 0.1) is 11.3 Å². The van der Waals surface area contributed by atoms with Crippen molar-refractivity contribution in [3.05, 3.63) is 22.4 Å². The predicted octanol–water partition coefficient (Wildman–Crippen LogP) is 3.58. The molecule has 0 saturated carbocycles. The summed E-state index contributed by atoms with van der Waals surface area (Å²) in [5.74, 6) is 0.346. The zero-order valence-electron chi connectivity index (χ0n) is 9.38. The summed E-state index contributed by atoms with van der Waals surface area (Å²) in [6.45, 7) is 6.40. The summed E-state index contributed by atoms with van der Waals surface area (Å²) in [5.41, 5.74) is 1.38. The highest BCUT2D eigenvalue weighted by molar-refractivity contribution is 6.33. The molecule has 1 aliphatic carbocycles. The van der Waals surface area contributed by atoms with Crippen molar-refractivity contribution in [2.24, 2.45) is 11.3 Å². The Morgan fingerprint density at radius 1 is 1.40 bits per heavy atom. The molecule has 1 unspecified atom stereocenters. The van der Waals surface area contributed by atoms with Crippen molar-refractivity contribution in [2.75, 3.05) is 0 Å². The zero-order valence-corrected chi connectivity index (χ0v) is 10.1. The highest BCUT2D eigenvalue weighted by Crippen LogP contribution is 2.43. The summed E-state index contributed by atoms with van der Waals surface area (Å²) < 4.78 is 0. The Morgan fingerprint density at radius 2 is 2.00 bits per heavy atom. The van der Waals surface area contributed by atoms with Gasteiger partial charge in [0.25, 0.3) is 0 Å². The van der Waals surface area contributed by atoms with E-state index in [1.54, 1.807) is 0 Å². The van der Waals surface area contributed by atoms with Crippen LogP contribution in [-0.2, 0) is 4.79 Å². The molecular formula is C12H17ClO2. The fraction of sp³-hybridized carbons (Fsp3) is 0.583. The lowest BCUT2D eigenvalue weighted by Crippen LogP contribution is -2.25. The van der Waals surface area contributed by atoms with Gasteiger partial charge in [-0.05, 0) is 24.2 Å². The minimum Gasteiger partial charge on any atom is -0.515 e. The molecule has 1 N–H and O–H groups in total. The molecule has 0 aliphatic heterocycles. The first-order valence-electron chi connectivity index (χ1n) is 5.07. The molecule has 84 valence electrons. The number of halogens is 1. The van der Waals surface area contributed by atoms with E-state index >= 15 is 0 Å². The predicted molar refractivity (Wildman–Crippen MR) is 61.8 cm³/mol. The van der Waals surface area contributed by atoms with E-state index in [1.165, 1.54) is 0 Å². The van der Waals surface area contributed by atoms with Gasteiger partial charge in [-0.1, -0.05) is 32.4 Å². The second kappa shape index (κ2) is 4.40. The third-order valence-electron chi connectivity index (χ3n) is 3.02. The van der Waals surface area contributed by atoms with Crippen LogP contribution in [0.25, 0.3) is 0 Å². The van der Waals surface area contributed by atoms with Gasteiger partial charge in [-0.15, -0.1) is 0 Å². The molecule has 1 rings (SSSR count). The fourth-order valence-corrected chi connectivity index (χ4v) is 2.06. The lowest BCUT2D eigenvalue weighted by Gasteiger charge is -2.34. The Labute approximate surface area is 95.6 Å². The van der Waals surface area contributed by atoms with Crippen LogP contribution in [0.1, 0.15) is 33.6 Å². The van der Waals surface area contributed by atoms with Crippen LogP contribution in [-0.4, -0.2) is 11.4 Å². The lowest BCUT2D eigenvalue weighted by atomic mass is 9.71. The maximum Gasteiger partial charge on any atom is 0.147 e. The minimum atomic E-state index is 0.111. The smallest absolute Gasteiger partial charge is 0.147 e. The van der Waals surface area contributed by atoms with Gasteiger partial charge in [-0.25, -0.2) is 0 Å². The number of rotatable bonds is 1. The maximum atomic E-state index is 10.9. The molecule has 3 heteroatoms. The first-order chi connectivity index (χ1) is 6.90. The largest absolute Gasteiger partial charge is 0.515 e.